The highest BCUT2D eigenvalue weighted by atomic mass is 32.2. The quantitative estimate of drug-likeness (QED) is 0.302. The molecule has 0 bridgehead atoms. The van der Waals surface area contributed by atoms with Gasteiger partial charge in [-0.1, -0.05) is 0 Å². The highest BCUT2D eigenvalue weighted by molar-refractivity contribution is 7.82. The molecule has 0 saturated carbocycles. The van der Waals surface area contributed by atoms with E-state index in [0.29, 0.717) is 18.2 Å². The summed E-state index contributed by atoms with van der Waals surface area (Å²) in [6, 6.07) is 1.79. The summed E-state index contributed by atoms with van der Waals surface area (Å²) in [5.41, 5.74) is 1.01. The van der Waals surface area contributed by atoms with Gasteiger partial charge in [-0.05, 0) is 12.5 Å². The van der Waals surface area contributed by atoms with E-state index in [1.54, 1.807) is 6.07 Å². The van der Waals surface area contributed by atoms with E-state index in [1.165, 1.54) is 4.68 Å². The number of hydrogen-bond donors (Lipinski definition) is 2. The molecule has 1 atom stereocenters. The van der Waals surface area contributed by atoms with Gasteiger partial charge in [-0.15, -0.1) is 4.68 Å². The molecule has 0 fully saturated rings. The monoisotopic (exact) mass is 257 g/mol. The number of fused-ring (bicyclic) bond motifs is 1. The normalized spacial score (nSPS) is 18.4. The van der Waals surface area contributed by atoms with E-state index in [9.17, 15) is 4.21 Å². The molecular formula is C9H17N6OS+. The fourth-order valence-electron chi connectivity index (χ4n) is 1.98. The summed E-state index contributed by atoms with van der Waals surface area (Å²) in [5.74, 6) is 5.54. The van der Waals surface area contributed by atoms with E-state index in [1.807, 2.05) is 4.68 Å². The molecule has 1 unspecified atom stereocenters. The number of aromatic nitrogens is 2. The van der Waals surface area contributed by atoms with Crippen LogP contribution in [0.4, 0.5) is 0 Å². The van der Waals surface area contributed by atoms with Crippen molar-refractivity contribution >= 4 is 17.7 Å². The number of rotatable bonds is 3. The van der Waals surface area contributed by atoms with Crippen LogP contribution in [0.1, 0.15) is 12.1 Å². The van der Waals surface area contributed by atoms with Crippen LogP contribution in [0, 0.1) is 0 Å². The second-order valence-electron chi connectivity index (χ2n) is 4.13. The third kappa shape index (κ3) is 2.90. The van der Waals surface area contributed by atoms with E-state index in [2.05, 4.69) is 16.7 Å². The summed E-state index contributed by atoms with van der Waals surface area (Å²) in [6.07, 6.45) is 0.971. The number of nitrogens with two attached hydrogens (primary N) is 2. The van der Waals surface area contributed by atoms with Crippen molar-refractivity contribution in [3.05, 3.63) is 11.8 Å². The second-order valence-corrected chi connectivity index (χ2v) is 5.14. The summed E-state index contributed by atoms with van der Waals surface area (Å²) < 4.78 is 14.4. The predicted molar refractivity (Wildman–Crippen MR) is 64.3 cm³/mol. The number of aryl methyl sites for hydroxylation is 1. The zero-order valence-electron chi connectivity index (χ0n) is 9.58. The van der Waals surface area contributed by atoms with Gasteiger partial charge in [0.25, 0.3) is 0 Å². The number of hydrogen-bond acceptors (Lipinski definition) is 4. The molecule has 8 heteroatoms. The Bertz CT molecular complexity index is 456. The topological polar surface area (TPSA) is 93.2 Å². The van der Waals surface area contributed by atoms with E-state index >= 15 is 0 Å². The van der Waals surface area contributed by atoms with Crippen molar-refractivity contribution < 1.29 is 8.89 Å². The highest BCUT2D eigenvalue weighted by Gasteiger charge is 2.19. The first-order valence-electron chi connectivity index (χ1n) is 5.34. The van der Waals surface area contributed by atoms with Crippen LogP contribution in [0.15, 0.2) is 11.1 Å². The van der Waals surface area contributed by atoms with Crippen molar-refractivity contribution in [3.8, 4) is 0 Å². The van der Waals surface area contributed by atoms with Gasteiger partial charge in [-0.2, -0.15) is 5.10 Å². The van der Waals surface area contributed by atoms with Crippen LogP contribution in [-0.2, 0) is 24.1 Å². The molecule has 17 heavy (non-hydrogen) atoms. The molecule has 2 rings (SSSR count). The Morgan fingerprint density at radius 2 is 2.35 bits per heavy atom. The van der Waals surface area contributed by atoms with E-state index in [0.717, 1.165) is 25.2 Å². The molecule has 94 valence electrons. The third-order valence-corrected chi connectivity index (χ3v) is 3.27. The Kier molecular flexibility index (Phi) is 3.55. The van der Waals surface area contributed by atoms with Crippen LogP contribution in [0.2, 0.25) is 0 Å². The Morgan fingerprint density at radius 1 is 1.59 bits per heavy atom. The first-order chi connectivity index (χ1) is 8.06. The maximum Gasteiger partial charge on any atom is 0.227 e. The Hall–Kier alpha value is -1.25. The lowest BCUT2D eigenvalue weighted by molar-refractivity contribution is -0.553. The van der Waals surface area contributed by atoms with Crippen LogP contribution >= 0.6 is 0 Å². The molecule has 7 nitrogen and oxygen atoms in total. The van der Waals surface area contributed by atoms with Crippen molar-refractivity contribution in [1.82, 2.24) is 14.7 Å². The molecule has 0 aromatic carbocycles. The molecule has 0 amide bonds. The zero-order valence-corrected chi connectivity index (χ0v) is 10.4. The molecule has 1 aromatic heterocycles. The van der Waals surface area contributed by atoms with E-state index in [4.69, 9.17) is 11.0 Å². The van der Waals surface area contributed by atoms with Crippen LogP contribution in [0.5, 0.6) is 0 Å². The standard InChI is InChI=1S/C9H17N6OS/c1-13(10)7-14-3-2-4-15-8(6-14)5-9(12-15)17(11)16/h5H,1-4,6-7,10-11H2/q+1. The minimum atomic E-state index is -1.52. The number of hydrazine groups is 1. The summed E-state index contributed by atoms with van der Waals surface area (Å²) in [5, 5.41) is 9.98. The molecule has 0 radical (unpaired) electrons. The van der Waals surface area contributed by atoms with Gasteiger partial charge in [0.15, 0.2) is 11.7 Å². The van der Waals surface area contributed by atoms with Crippen molar-refractivity contribution in [1.29, 1.82) is 0 Å². The van der Waals surface area contributed by atoms with Crippen molar-refractivity contribution in [2.45, 2.75) is 24.5 Å². The fraction of sp³-hybridized carbons (Fsp3) is 0.556. The zero-order chi connectivity index (χ0) is 12.4. The molecule has 1 aliphatic heterocycles. The van der Waals surface area contributed by atoms with Gasteiger partial charge in [0.2, 0.25) is 6.67 Å². The lowest BCUT2D eigenvalue weighted by atomic mass is 10.4. The van der Waals surface area contributed by atoms with Gasteiger partial charge in [-0.3, -0.25) is 4.68 Å². The lowest BCUT2D eigenvalue weighted by Gasteiger charge is -2.14. The highest BCUT2D eigenvalue weighted by Crippen LogP contribution is 2.14. The second kappa shape index (κ2) is 4.94. The van der Waals surface area contributed by atoms with E-state index in [-0.39, 0.29) is 0 Å². The minimum absolute atomic E-state index is 0.432. The molecule has 0 aliphatic carbocycles. The molecule has 1 aromatic rings. The van der Waals surface area contributed by atoms with Gasteiger partial charge >= 0.3 is 0 Å². The van der Waals surface area contributed by atoms with Gasteiger partial charge in [-0.25, -0.2) is 20.1 Å². The smallest absolute Gasteiger partial charge is 0.227 e. The summed E-state index contributed by atoms with van der Waals surface area (Å²) in [7, 11) is -1.52. The summed E-state index contributed by atoms with van der Waals surface area (Å²) in [6.45, 7) is 6.68. The van der Waals surface area contributed by atoms with Crippen LogP contribution in [-0.4, -0.2) is 43.5 Å². The largest absolute Gasteiger partial charge is 0.267 e. The predicted octanol–water partition coefficient (Wildman–Crippen LogP) is -1.39. The number of hydrazone groups is 1. The lowest BCUT2D eigenvalue weighted by Crippen LogP contribution is -2.34. The maximum absolute atomic E-state index is 11.2. The first-order valence-corrected chi connectivity index (χ1v) is 6.55. The van der Waals surface area contributed by atoms with Gasteiger partial charge in [0.1, 0.15) is 11.0 Å². The molecule has 2 heterocycles. The van der Waals surface area contributed by atoms with Crippen LogP contribution < -0.4 is 11.0 Å². The summed E-state index contributed by atoms with van der Waals surface area (Å²) >= 11 is 0. The SMILES string of the molecule is C=[N+](N)CN1CCCn2nc(S(N)=O)cc2C1. The first kappa shape index (κ1) is 12.2. The fourth-order valence-corrected chi connectivity index (χ4v) is 2.41. The van der Waals surface area contributed by atoms with Gasteiger partial charge < -0.3 is 0 Å². The Labute approximate surface area is 102 Å². The Balaban J connectivity index is 2.18. The summed E-state index contributed by atoms with van der Waals surface area (Å²) in [4.78, 5) is 2.16. The molecule has 1 aliphatic rings. The molecule has 0 saturated heterocycles. The van der Waals surface area contributed by atoms with Gasteiger partial charge in [0, 0.05) is 19.6 Å². The molecular weight excluding hydrogens is 240 g/mol. The average Bonchev–Trinajstić information content (AvgIpc) is 2.53. The molecule has 4 N–H and O–H groups in total. The van der Waals surface area contributed by atoms with E-state index < -0.39 is 11.0 Å². The van der Waals surface area contributed by atoms with Crippen molar-refractivity contribution in [3.63, 3.8) is 0 Å². The maximum atomic E-state index is 11.2. The Morgan fingerprint density at radius 3 is 3.00 bits per heavy atom. The minimum Gasteiger partial charge on any atom is -0.267 e. The number of nitrogens with zero attached hydrogens (tertiary/aromatic N) is 4. The van der Waals surface area contributed by atoms with Crippen LogP contribution in [0.25, 0.3) is 0 Å². The van der Waals surface area contributed by atoms with Crippen molar-refractivity contribution in [2.24, 2.45) is 11.0 Å². The molecule has 0 spiro atoms. The third-order valence-electron chi connectivity index (χ3n) is 2.66. The van der Waals surface area contributed by atoms with Crippen LogP contribution in [0.3, 0.4) is 0 Å². The van der Waals surface area contributed by atoms with Crippen molar-refractivity contribution in [2.75, 3.05) is 13.2 Å². The average molecular weight is 257 g/mol. The van der Waals surface area contributed by atoms with Gasteiger partial charge in [0.05, 0.1) is 5.69 Å².